The number of nitrogens with one attached hydrogen (secondary N) is 1. The third kappa shape index (κ3) is 2.99. The standard InChI is InChI=1S/C15H17NO4/c1-19-14(17)8-7-13-11(9-15(18)20-2)10-5-3-4-6-12(10)16-13/h3-6,16H,7-9H2,1-2H3. The summed E-state index contributed by atoms with van der Waals surface area (Å²) < 4.78 is 9.37. The summed E-state index contributed by atoms with van der Waals surface area (Å²) in [5.74, 6) is -0.568. The number of carbonyl (C=O) groups is 2. The number of methoxy groups -OCH3 is 2. The molecule has 5 heteroatoms. The van der Waals surface area contributed by atoms with Crippen LogP contribution in [0.15, 0.2) is 24.3 Å². The number of aromatic amines is 1. The Balaban J connectivity index is 2.33. The number of hydrogen-bond acceptors (Lipinski definition) is 4. The molecule has 0 amide bonds. The van der Waals surface area contributed by atoms with Crippen molar-refractivity contribution in [2.45, 2.75) is 19.3 Å². The number of para-hydroxylation sites is 1. The summed E-state index contributed by atoms with van der Waals surface area (Å²) in [7, 11) is 2.73. The molecule has 0 bridgehead atoms. The van der Waals surface area contributed by atoms with E-state index in [9.17, 15) is 9.59 Å². The van der Waals surface area contributed by atoms with Gasteiger partial charge in [0.15, 0.2) is 0 Å². The van der Waals surface area contributed by atoms with E-state index >= 15 is 0 Å². The average Bonchev–Trinajstić information content (AvgIpc) is 2.82. The van der Waals surface area contributed by atoms with E-state index in [0.29, 0.717) is 6.42 Å². The Hall–Kier alpha value is -2.30. The molecule has 2 rings (SSSR count). The number of esters is 2. The monoisotopic (exact) mass is 275 g/mol. The van der Waals surface area contributed by atoms with Crippen LogP contribution in [0, 0.1) is 0 Å². The number of rotatable bonds is 5. The minimum absolute atomic E-state index is 0.191. The van der Waals surface area contributed by atoms with Gasteiger partial charge >= 0.3 is 11.9 Å². The lowest BCUT2D eigenvalue weighted by molar-refractivity contribution is -0.140. The number of fused-ring (bicyclic) bond motifs is 1. The lowest BCUT2D eigenvalue weighted by atomic mass is 10.0. The molecular weight excluding hydrogens is 258 g/mol. The molecule has 1 N–H and O–H groups in total. The Morgan fingerprint density at radius 2 is 1.80 bits per heavy atom. The maximum Gasteiger partial charge on any atom is 0.310 e. The summed E-state index contributed by atoms with van der Waals surface area (Å²) in [6, 6.07) is 7.73. The first-order valence-corrected chi connectivity index (χ1v) is 6.37. The summed E-state index contributed by atoms with van der Waals surface area (Å²) in [6.07, 6.45) is 0.974. The van der Waals surface area contributed by atoms with Crippen molar-refractivity contribution in [3.05, 3.63) is 35.5 Å². The molecule has 2 aromatic rings. The van der Waals surface area contributed by atoms with Crippen LogP contribution in [-0.2, 0) is 31.9 Å². The van der Waals surface area contributed by atoms with E-state index in [1.165, 1.54) is 14.2 Å². The van der Waals surface area contributed by atoms with Crippen molar-refractivity contribution >= 4 is 22.8 Å². The van der Waals surface area contributed by atoms with Gasteiger partial charge in [0.2, 0.25) is 0 Å². The zero-order valence-corrected chi connectivity index (χ0v) is 11.6. The molecule has 0 radical (unpaired) electrons. The Morgan fingerprint density at radius 1 is 1.10 bits per heavy atom. The molecule has 0 atom stereocenters. The van der Waals surface area contributed by atoms with Gasteiger partial charge in [0.25, 0.3) is 0 Å². The summed E-state index contributed by atoms with van der Waals surface area (Å²) in [4.78, 5) is 26.1. The fourth-order valence-corrected chi connectivity index (χ4v) is 2.22. The third-order valence-electron chi connectivity index (χ3n) is 3.26. The quantitative estimate of drug-likeness (QED) is 0.847. The lowest BCUT2D eigenvalue weighted by Gasteiger charge is -2.03. The minimum Gasteiger partial charge on any atom is -0.469 e. The predicted molar refractivity (Wildman–Crippen MR) is 74.4 cm³/mol. The number of aryl methyl sites for hydroxylation is 1. The molecule has 106 valence electrons. The van der Waals surface area contributed by atoms with Gasteiger partial charge in [0.05, 0.1) is 27.1 Å². The van der Waals surface area contributed by atoms with Crippen LogP contribution in [0.5, 0.6) is 0 Å². The summed E-state index contributed by atoms with van der Waals surface area (Å²) in [5, 5.41) is 0.984. The Bertz CT molecular complexity index is 630. The topological polar surface area (TPSA) is 68.4 Å². The highest BCUT2D eigenvalue weighted by Crippen LogP contribution is 2.24. The molecular formula is C15H17NO4. The molecule has 0 spiro atoms. The van der Waals surface area contributed by atoms with E-state index in [4.69, 9.17) is 4.74 Å². The molecule has 1 aromatic heterocycles. The van der Waals surface area contributed by atoms with Gasteiger partial charge in [-0.05, 0) is 18.1 Å². The minimum atomic E-state index is -0.297. The van der Waals surface area contributed by atoms with Crippen molar-refractivity contribution in [2.24, 2.45) is 0 Å². The second-order valence-corrected chi connectivity index (χ2v) is 4.46. The van der Waals surface area contributed by atoms with Crippen LogP contribution in [0.2, 0.25) is 0 Å². The number of aromatic nitrogens is 1. The van der Waals surface area contributed by atoms with Gasteiger partial charge in [0, 0.05) is 16.6 Å². The molecule has 0 aliphatic heterocycles. The van der Waals surface area contributed by atoms with Crippen molar-refractivity contribution in [1.29, 1.82) is 0 Å². The van der Waals surface area contributed by atoms with Crippen LogP contribution >= 0.6 is 0 Å². The lowest BCUT2D eigenvalue weighted by Crippen LogP contribution is -2.08. The highest BCUT2D eigenvalue weighted by molar-refractivity contribution is 5.88. The normalized spacial score (nSPS) is 10.5. The molecule has 0 fully saturated rings. The van der Waals surface area contributed by atoms with Gasteiger partial charge in [-0.3, -0.25) is 9.59 Å². The zero-order chi connectivity index (χ0) is 14.5. The van der Waals surface area contributed by atoms with E-state index in [-0.39, 0.29) is 24.8 Å². The molecule has 20 heavy (non-hydrogen) atoms. The first-order chi connectivity index (χ1) is 9.65. The van der Waals surface area contributed by atoms with Gasteiger partial charge in [-0.15, -0.1) is 0 Å². The Morgan fingerprint density at radius 3 is 2.50 bits per heavy atom. The van der Waals surface area contributed by atoms with Crippen LogP contribution in [0.3, 0.4) is 0 Å². The average molecular weight is 275 g/mol. The van der Waals surface area contributed by atoms with Crippen molar-refractivity contribution < 1.29 is 19.1 Å². The van der Waals surface area contributed by atoms with Crippen LogP contribution in [0.4, 0.5) is 0 Å². The van der Waals surface area contributed by atoms with E-state index < -0.39 is 0 Å². The molecule has 0 unspecified atom stereocenters. The van der Waals surface area contributed by atoms with Gasteiger partial charge < -0.3 is 14.5 Å². The molecule has 0 aliphatic carbocycles. The second kappa shape index (κ2) is 6.23. The van der Waals surface area contributed by atoms with Crippen LogP contribution in [-0.4, -0.2) is 31.1 Å². The maximum atomic E-state index is 11.5. The Labute approximate surface area is 116 Å². The summed E-state index contributed by atoms with van der Waals surface area (Å²) >= 11 is 0. The van der Waals surface area contributed by atoms with Crippen LogP contribution in [0.25, 0.3) is 10.9 Å². The van der Waals surface area contributed by atoms with E-state index in [0.717, 1.165) is 22.2 Å². The number of H-pyrrole nitrogens is 1. The number of hydrogen-bond donors (Lipinski definition) is 1. The van der Waals surface area contributed by atoms with Crippen molar-refractivity contribution in [3.63, 3.8) is 0 Å². The zero-order valence-electron chi connectivity index (χ0n) is 11.6. The van der Waals surface area contributed by atoms with Gasteiger partial charge in [-0.25, -0.2) is 0 Å². The van der Waals surface area contributed by atoms with Gasteiger partial charge in [-0.2, -0.15) is 0 Å². The third-order valence-corrected chi connectivity index (χ3v) is 3.26. The largest absolute Gasteiger partial charge is 0.469 e. The van der Waals surface area contributed by atoms with E-state index in [2.05, 4.69) is 9.72 Å². The smallest absolute Gasteiger partial charge is 0.310 e. The van der Waals surface area contributed by atoms with Crippen LogP contribution in [0.1, 0.15) is 17.7 Å². The first-order valence-electron chi connectivity index (χ1n) is 6.37. The molecule has 0 saturated carbocycles. The van der Waals surface area contributed by atoms with Crippen molar-refractivity contribution in [2.75, 3.05) is 14.2 Å². The van der Waals surface area contributed by atoms with Gasteiger partial charge in [-0.1, -0.05) is 18.2 Å². The van der Waals surface area contributed by atoms with Gasteiger partial charge in [0.1, 0.15) is 0 Å². The van der Waals surface area contributed by atoms with E-state index in [1.54, 1.807) is 0 Å². The SMILES string of the molecule is COC(=O)CCc1[nH]c2ccccc2c1CC(=O)OC. The molecule has 1 heterocycles. The molecule has 5 nitrogen and oxygen atoms in total. The van der Waals surface area contributed by atoms with E-state index in [1.807, 2.05) is 24.3 Å². The number of ether oxygens (including phenoxy) is 2. The number of benzene rings is 1. The molecule has 0 aliphatic rings. The first kappa shape index (κ1) is 14.1. The summed E-state index contributed by atoms with van der Waals surface area (Å²) in [5.41, 5.74) is 2.71. The Kier molecular flexibility index (Phi) is 4.40. The predicted octanol–water partition coefficient (Wildman–Crippen LogP) is 1.99. The molecule has 0 saturated heterocycles. The molecule has 1 aromatic carbocycles. The summed E-state index contributed by atoms with van der Waals surface area (Å²) in [6.45, 7) is 0. The number of carbonyl (C=O) groups excluding carboxylic acids is 2. The fraction of sp³-hybridized carbons (Fsp3) is 0.333. The fourth-order valence-electron chi connectivity index (χ4n) is 2.22. The van der Waals surface area contributed by atoms with Crippen molar-refractivity contribution in [3.8, 4) is 0 Å². The maximum absolute atomic E-state index is 11.5. The highest BCUT2D eigenvalue weighted by atomic mass is 16.5. The highest BCUT2D eigenvalue weighted by Gasteiger charge is 2.15. The van der Waals surface area contributed by atoms with Crippen molar-refractivity contribution in [1.82, 2.24) is 4.98 Å². The second-order valence-electron chi connectivity index (χ2n) is 4.46. The van der Waals surface area contributed by atoms with Crippen LogP contribution < -0.4 is 0 Å².